The van der Waals surface area contributed by atoms with Crippen LogP contribution in [-0.4, -0.2) is 14.3 Å². The van der Waals surface area contributed by atoms with Gasteiger partial charge in [-0.25, -0.2) is 9.97 Å². The Morgan fingerprint density at radius 1 is 1.37 bits per heavy atom. The Hall–Kier alpha value is -1.01. The van der Waals surface area contributed by atoms with Gasteiger partial charge < -0.3 is 5.32 Å². The van der Waals surface area contributed by atoms with E-state index in [-0.39, 0.29) is 11.5 Å². The SMILES string of the molecule is CCc1cnc(C(C)Nc2nc(C(C)(C)C)ns2)s1. The quantitative estimate of drug-likeness (QED) is 0.925. The lowest BCUT2D eigenvalue weighted by molar-refractivity contribution is 0.555. The molecule has 0 amide bonds. The molecule has 2 rings (SSSR count). The normalized spacial score (nSPS) is 13.5. The van der Waals surface area contributed by atoms with Crippen molar-refractivity contribution in [1.82, 2.24) is 14.3 Å². The number of aryl methyl sites for hydroxylation is 1. The van der Waals surface area contributed by atoms with E-state index in [4.69, 9.17) is 0 Å². The number of thiazole rings is 1. The standard InChI is InChI=1S/C13H20N4S2/c1-6-9-7-14-10(18-9)8(2)15-12-16-11(17-19-12)13(3,4)5/h7-8H,6H2,1-5H3,(H,15,16,17). The van der Waals surface area contributed by atoms with Gasteiger partial charge in [0.05, 0.1) is 6.04 Å². The van der Waals surface area contributed by atoms with E-state index in [1.807, 2.05) is 6.20 Å². The lowest BCUT2D eigenvalue weighted by atomic mass is 9.96. The van der Waals surface area contributed by atoms with E-state index in [0.29, 0.717) is 0 Å². The highest BCUT2D eigenvalue weighted by molar-refractivity contribution is 7.11. The van der Waals surface area contributed by atoms with Gasteiger partial charge in [0, 0.05) is 28.0 Å². The van der Waals surface area contributed by atoms with Gasteiger partial charge in [-0.15, -0.1) is 11.3 Å². The molecule has 1 N–H and O–H groups in total. The van der Waals surface area contributed by atoms with Gasteiger partial charge >= 0.3 is 0 Å². The Kier molecular flexibility index (Phi) is 4.20. The summed E-state index contributed by atoms with van der Waals surface area (Å²) in [6.45, 7) is 10.6. The molecule has 6 heteroatoms. The highest BCUT2D eigenvalue weighted by Crippen LogP contribution is 2.27. The monoisotopic (exact) mass is 296 g/mol. The zero-order valence-electron chi connectivity index (χ0n) is 12.0. The summed E-state index contributed by atoms with van der Waals surface area (Å²) in [5, 5.41) is 5.35. The van der Waals surface area contributed by atoms with Gasteiger partial charge in [0.1, 0.15) is 10.8 Å². The summed E-state index contributed by atoms with van der Waals surface area (Å²) in [6, 6.07) is 0.172. The molecular formula is C13H20N4S2. The lowest BCUT2D eigenvalue weighted by Gasteiger charge is -2.12. The highest BCUT2D eigenvalue weighted by atomic mass is 32.1. The molecule has 0 radical (unpaired) electrons. The maximum Gasteiger partial charge on any atom is 0.203 e. The second kappa shape index (κ2) is 5.54. The third kappa shape index (κ3) is 3.51. The molecule has 0 bridgehead atoms. The van der Waals surface area contributed by atoms with Crippen molar-refractivity contribution in [2.24, 2.45) is 0 Å². The summed E-state index contributed by atoms with van der Waals surface area (Å²) < 4.78 is 4.41. The van der Waals surface area contributed by atoms with Crippen LogP contribution in [0.2, 0.25) is 0 Å². The largest absolute Gasteiger partial charge is 0.351 e. The van der Waals surface area contributed by atoms with E-state index in [1.165, 1.54) is 16.4 Å². The molecule has 104 valence electrons. The number of aromatic nitrogens is 3. The van der Waals surface area contributed by atoms with Crippen LogP contribution in [0.3, 0.4) is 0 Å². The van der Waals surface area contributed by atoms with Crippen LogP contribution in [0.25, 0.3) is 0 Å². The topological polar surface area (TPSA) is 50.7 Å². The summed E-state index contributed by atoms with van der Waals surface area (Å²) >= 11 is 3.17. The van der Waals surface area contributed by atoms with E-state index in [9.17, 15) is 0 Å². The molecule has 0 aliphatic heterocycles. The van der Waals surface area contributed by atoms with Crippen LogP contribution in [-0.2, 0) is 11.8 Å². The van der Waals surface area contributed by atoms with Crippen molar-refractivity contribution in [3.8, 4) is 0 Å². The molecule has 4 nitrogen and oxygen atoms in total. The predicted molar refractivity (Wildman–Crippen MR) is 82.1 cm³/mol. The van der Waals surface area contributed by atoms with Gasteiger partial charge in [-0.1, -0.05) is 27.7 Å². The van der Waals surface area contributed by atoms with Crippen LogP contribution in [0, 0.1) is 0 Å². The Morgan fingerprint density at radius 3 is 2.63 bits per heavy atom. The van der Waals surface area contributed by atoms with Crippen LogP contribution in [0.5, 0.6) is 0 Å². The number of rotatable bonds is 4. The molecule has 0 aliphatic carbocycles. The van der Waals surface area contributed by atoms with Crippen LogP contribution in [0.4, 0.5) is 5.13 Å². The van der Waals surface area contributed by atoms with Crippen molar-refractivity contribution in [1.29, 1.82) is 0 Å². The minimum absolute atomic E-state index is 0.00374. The number of hydrogen-bond donors (Lipinski definition) is 1. The van der Waals surface area contributed by atoms with Crippen molar-refractivity contribution in [3.05, 3.63) is 21.9 Å². The zero-order valence-corrected chi connectivity index (χ0v) is 13.7. The number of anilines is 1. The fourth-order valence-electron chi connectivity index (χ4n) is 1.52. The summed E-state index contributed by atoms with van der Waals surface area (Å²) in [6.07, 6.45) is 3.00. The van der Waals surface area contributed by atoms with E-state index < -0.39 is 0 Å². The van der Waals surface area contributed by atoms with Gasteiger partial charge in [0.25, 0.3) is 0 Å². The fourth-order valence-corrected chi connectivity index (χ4v) is 3.22. The first-order chi connectivity index (χ1) is 8.90. The summed E-state index contributed by atoms with van der Waals surface area (Å²) in [4.78, 5) is 10.3. The fraction of sp³-hybridized carbons (Fsp3) is 0.615. The number of nitrogens with one attached hydrogen (secondary N) is 1. The second-order valence-electron chi connectivity index (χ2n) is 5.56. The van der Waals surface area contributed by atoms with E-state index in [2.05, 4.69) is 54.3 Å². The zero-order chi connectivity index (χ0) is 14.0. The minimum atomic E-state index is -0.00374. The molecule has 2 heterocycles. The molecule has 1 unspecified atom stereocenters. The van der Waals surface area contributed by atoms with E-state index in [1.54, 1.807) is 11.3 Å². The molecule has 19 heavy (non-hydrogen) atoms. The summed E-state index contributed by atoms with van der Waals surface area (Å²) in [5.74, 6) is 0.889. The number of hydrogen-bond acceptors (Lipinski definition) is 6. The Bertz CT molecular complexity index is 539. The summed E-state index contributed by atoms with van der Waals surface area (Å²) in [5.41, 5.74) is -0.00374. The van der Waals surface area contributed by atoms with Gasteiger partial charge in [-0.3, -0.25) is 0 Å². The van der Waals surface area contributed by atoms with Crippen molar-refractivity contribution in [3.63, 3.8) is 0 Å². The van der Waals surface area contributed by atoms with Gasteiger partial charge in [-0.05, 0) is 13.3 Å². The average Bonchev–Trinajstić information content (AvgIpc) is 2.95. The van der Waals surface area contributed by atoms with Crippen molar-refractivity contribution < 1.29 is 0 Å². The molecule has 0 aliphatic rings. The molecule has 0 saturated carbocycles. The second-order valence-corrected chi connectivity index (χ2v) is 7.46. The van der Waals surface area contributed by atoms with Crippen molar-refractivity contribution in [2.75, 3.05) is 5.32 Å². The van der Waals surface area contributed by atoms with Crippen LogP contribution < -0.4 is 5.32 Å². The lowest BCUT2D eigenvalue weighted by Crippen LogP contribution is -2.13. The maximum absolute atomic E-state index is 4.55. The smallest absolute Gasteiger partial charge is 0.203 e. The minimum Gasteiger partial charge on any atom is -0.351 e. The van der Waals surface area contributed by atoms with Gasteiger partial charge in [0.15, 0.2) is 0 Å². The van der Waals surface area contributed by atoms with Crippen LogP contribution in [0.1, 0.15) is 56.4 Å². The van der Waals surface area contributed by atoms with Crippen molar-refractivity contribution >= 4 is 28.0 Å². The molecule has 0 aromatic carbocycles. The maximum atomic E-state index is 4.55. The first kappa shape index (κ1) is 14.4. The third-order valence-corrected chi connectivity index (χ3v) is 4.70. The average molecular weight is 296 g/mol. The molecule has 0 fully saturated rings. The molecular weight excluding hydrogens is 276 g/mol. The Balaban J connectivity index is 2.06. The third-order valence-electron chi connectivity index (χ3n) is 2.73. The number of nitrogens with zero attached hydrogens (tertiary/aromatic N) is 3. The van der Waals surface area contributed by atoms with Crippen LogP contribution >= 0.6 is 22.9 Å². The Labute approximate surface area is 122 Å². The molecule has 2 aromatic heterocycles. The van der Waals surface area contributed by atoms with Crippen LogP contribution in [0.15, 0.2) is 6.20 Å². The molecule has 2 aromatic rings. The van der Waals surface area contributed by atoms with Gasteiger partial charge in [-0.2, -0.15) is 4.37 Å². The van der Waals surface area contributed by atoms with E-state index >= 15 is 0 Å². The molecule has 1 atom stereocenters. The molecule has 0 spiro atoms. The molecule has 0 saturated heterocycles. The van der Waals surface area contributed by atoms with Crippen molar-refractivity contribution in [2.45, 2.75) is 52.5 Å². The summed E-state index contributed by atoms with van der Waals surface area (Å²) in [7, 11) is 0. The highest BCUT2D eigenvalue weighted by Gasteiger charge is 2.20. The first-order valence-electron chi connectivity index (χ1n) is 6.45. The van der Waals surface area contributed by atoms with E-state index in [0.717, 1.165) is 22.4 Å². The van der Waals surface area contributed by atoms with Gasteiger partial charge in [0.2, 0.25) is 5.13 Å². The Morgan fingerprint density at radius 2 is 2.11 bits per heavy atom. The predicted octanol–water partition coefficient (Wildman–Crippen LogP) is 4.03. The first-order valence-corrected chi connectivity index (χ1v) is 8.04.